The number of hydrogen-bond acceptors (Lipinski definition) is 2. The number of rotatable bonds is 0. The summed E-state index contributed by atoms with van der Waals surface area (Å²) < 4.78 is 13.3. The number of nitrogens with one attached hydrogen (secondary N) is 1. The zero-order valence-electron chi connectivity index (χ0n) is 8.03. The largest absolute Gasteiger partial charge is 0.383 e. The van der Waals surface area contributed by atoms with Crippen molar-refractivity contribution in [2.75, 3.05) is 11.9 Å². The Hall–Kier alpha value is -0.410. The van der Waals surface area contributed by atoms with Crippen LogP contribution in [0.25, 0.3) is 0 Å². The van der Waals surface area contributed by atoms with Gasteiger partial charge in [0.05, 0.1) is 5.02 Å². The molecule has 1 nitrogen and oxygen atoms in total. The van der Waals surface area contributed by atoms with Gasteiger partial charge in [0.1, 0.15) is 5.82 Å². The van der Waals surface area contributed by atoms with E-state index in [1.165, 1.54) is 6.07 Å². The molecule has 1 aliphatic rings. The molecule has 1 aromatic rings. The van der Waals surface area contributed by atoms with Crippen LogP contribution in [-0.2, 0) is 0 Å². The third kappa shape index (κ3) is 1.84. The quantitative estimate of drug-likeness (QED) is 0.730. The van der Waals surface area contributed by atoms with Crippen LogP contribution in [0.4, 0.5) is 10.1 Å². The molecule has 0 unspecified atom stereocenters. The van der Waals surface area contributed by atoms with E-state index < -0.39 is 0 Å². The molecule has 0 atom stereocenters. The summed E-state index contributed by atoms with van der Waals surface area (Å²) in [4.78, 5) is 0.933. The number of benzene rings is 1. The Bertz CT molecular complexity index is 379. The van der Waals surface area contributed by atoms with Gasteiger partial charge in [-0.25, -0.2) is 4.39 Å². The summed E-state index contributed by atoms with van der Waals surface area (Å²) in [5.41, 5.74) is 0.931. The topological polar surface area (TPSA) is 12.0 Å². The average Bonchev–Trinajstić information content (AvgIpc) is 2.07. The van der Waals surface area contributed by atoms with Crippen molar-refractivity contribution < 1.29 is 4.39 Å². The first-order valence-electron chi connectivity index (χ1n) is 4.40. The maximum Gasteiger partial charge on any atom is 0.143 e. The van der Waals surface area contributed by atoms with E-state index in [4.69, 9.17) is 11.6 Å². The molecule has 1 aromatic carbocycles. The molecule has 2 rings (SSSR count). The van der Waals surface area contributed by atoms with Crippen LogP contribution >= 0.6 is 23.4 Å². The van der Waals surface area contributed by atoms with E-state index >= 15 is 0 Å². The van der Waals surface area contributed by atoms with E-state index in [2.05, 4.69) is 19.2 Å². The van der Waals surface area contributed by atoms with E-state index in [0.29, 0.717) is 0 Å². The minimum atomic E-state index is -0.350. The number of anilines is 1. The molecule has 0 amide bonds. The van der Waals surface area contributed by atoms with Crippen LogP contribution in [0.5, 0.6) is 0 Å². The normalized spacial score (nSPS) is 18.6. The summed E-state index contributed by atoms with van der Waals surface area (Å²) in [6.45, 7) is 5.12. The van der Waals surface area contributed by atoms with Gasteiger partial charge in [-0.1, -0.05) is 11.6 Å². The predicted molar refractivity (Wildman–Crippen MR) is 59.8 cm³/mol. The van der Waals surface area contributed by atoms with Gasteiger partial charge in [-0.3, -0.25) is 0 Å². The molecule has 0 spiro atoms. The maximum absolute atomic E-state index is 13.2. The lowest BCUT2D eigenvalue weighted by atomic mass is 10.2. The Morgan fingerprint density at radius 3 is 2.93 bits per heavy atom. The van der Waals surface area contributed by atoms with E-state index in [0.717, 1.165) is 17.1 Å². The highest BCUT2D eigenvalue weighted by Gasteiger charge is 2.26. The summed E-state index contributed by atoms with van der Waals surface area (Å²) in [6.07, 6.45) is 0. The molecule has 0 bridgehead atoms. The van der Waals surface area contributed by atoms with Gasteiger partial charge in [-0.2, -0.15) is 0 Å². The van der Waals surface area contributed by atoms with Gasteiger partial charge in [0, 0.05) is 21.9 Å². The fourth-order valence-electron chi connectivity index (χ4n) is 1.39. The third-order valence-corrected chi connectivity index (χ3v) is 3.66. The van der Waals surface area contributed by atoms with Crippen LogP contribution in [0.3, 0.4) is 0 Å². The second-order valence-electron chi connectivity index (χ2n) is 3.98. The first-order chi connectivity index (χ1) is 6.48. The van der Waals surface area contributed by atoms with E-state index in [1.54, 1.807) is 17.8 Å². The monoisotopic (exact) mass is 231 g/mol. The second kappa shape index (κ2) is 3.31. The summed E-state index contributed by atoms with van der Waals surface area (Å²) in [5.74, 6) is -0.350. The molecule has 0 fully saturated rings. The highest BCUT2D eigenvalue weighted by Crippen LogP contribution is 2.42. The molecule has 0 saturated heterocycles. The lowest BCUT2D eigenvalue weighted by Crippen LogP contribution is -2.29. The first-order valence-corrected chi connectivity index (χ1v) is 5.59. The van der Waals surface area contributed by atoms with Crippen LogP contribution < -0.4 is 5.32 Å². The van der Waals surface area contributed by atoms with Gasteiger partial charge in [-0.05, 0) is 26.0 Å². The average molecular weight is 232 g/mol. The summed E-state index contributed by atoms with van der Waals surface area (Å²) in [5, 5.41) is 3.43. The predicted octanol–water partition coefficient (Wildman–Crippen LogP) is 3.78. The first kappa shape index (κ1) is 10.1. The van der Waals surface area contributed by atoms with Crippen molar-refractivity contribution >= 4 is 29.1 Å². The fourth-order valence-corrected chi connectivity index (χ4v) is 2.70. The smallest absolute Gasteiger partial charge is 0.143 e. The van der Waals surface area contributed by atoms with Crippen molar-refractivity contribution in [3.63, 3.8) is 0 Å². The fraction of sp³-hybridized carbons (Fsp3) is 0.400. The van der Waals surface area contributed by atoms with E-state index in [1.807, 2.05) is 0 Å². The van der Waals surface area contributed by atoms with Crippen molar-refractivity contribution in [1.82, 2.24) is 0 Å². The van der Waals surface area contributed by atoms with Crippen LogP contribution in [0.1, 0.15) is 13.8 Å². The molecular weight excluding hydrogens is 221 g/mol. The lowest BCUT2D eigenvalue weighted by molar-refractivity contribution is 0.623. The van der Waals surface area contributed by atoms with Gasteiger partial charge < -0.3 is 5.32 Å². The molecule has 4 heteroatoms. The van der Waals surface area contributed by atoms with Crippen molar-refractivity contribution in [3.8, 4) is 0 Å². The molecular formula is C10H11ClFNS. The van der Waals surface area contributed by atoms with Gasteiger partial charge in [0.25, 0.3) is 0 Å². The minimum absolute atomic E-state index is 0.104. The van der Waals surface area contributed by atoms with E-state index in [9.17, 15) is 4.39 Å². The molecule has 0 aromatic heterocycles. The molecule has 1 heterocycles. The summed E-state index contributed by atoms with van der Waals surface area (Å²) in [6, 6.07) is 3.14. The summed E-state index contributed by atoms with van der Waals surface area (Å²) >= 11 is 7.37. The highest BCUT2D eigenvalue weighted by atomic mass is 35.5. The number of halogens is 2. The minimum Gasteiger partial charge on any atom is -0.383 e. The number of hydrogen-bond donors (Lipinski definition) is 1. The van der Waals surface area contributed by atoms with Gasteiger partial charge in [0.2, 0.25) is 0 Å². The Balaban J connectivity index is 2.43. The van der Waals surface area contributed by atoms with Crippen LogP contribution in [0.15, 0.2) is 17.0 Å². The zero-order valence-corrected chi connectivity index (χ0v) is 9.60. The number of fused-ring (bicyclic) bond motifs is 1. The molecule has 1 aliphatic heterocycles. The standard InChI is InChI=1S/C10H11ClFNS/c1-10(2)5-13-8-3-6(11)7(12)4-9(8)14-10/h3-4,13H,5H2,1-2H3. The second-order valence-corrected chi connectivity index (χ2v) is 6.13. The molecule has 0 saturated carbocycles. The zero-order chi connectivity index (χ0) is 10.3. The maximum atomic E-state index is 13.2. The van der Waals surface area contributed by atoms with Crippen molar-refractivity contribution in [2.45, 2.75) is 23.5 Å². The molecule has 1 N–H and O–H groups in total. The van der Waals surface area contributed by atoms with Gasteiger partial charge >= 0.3 is 0 Å². The van der Waals surface area contributed by atoms with Crippen LogP contribution in [-0.4, -0.2) is 11.3 Å². The highest BCUT2D eigenvalue weighted by molar-refractivity contribution is 8.00. The summed E-state index contributed by atoms with van der Waals surface area (Å²) in [7, 11) is 0. The van der Waals surface area contributed by atoms with Crippen LogP contribution in [0.2, 0.25) is 5.02 Å². The Kier molecular flexibility index (Phi) is 2.40. The van der Waals surface area contributed by atoms with Crippen molar-refractivity contribution in [2.24, 2.45) is 0 Å². The van der Waals surface area contributed by atoms with E-state index in [-0.39, 0.29) is 15.6 Å². The SMILES string of the molecule is CC1(C)CNc2cc(Cl)c(F)cc2S1. The van der Waals surface area contributed by atoms with Gasteiger partial charge in [0.15, 0.2) is 0 Å². The molecule has 0 radical (unpaired) electrons. The molecule has 0 aliphatic carbocycles. The Morgan fingerprint density at radius 1 is 1.50 bits per heavy atom. The molecule has 14 heavy (non-hydrogen) atoms. The van der Waals surface area contributed by atoms with Crippen LogP contribution in [0, 0.1) is 5.82 Å². The Labute approximate surface area is 92.0 Å². The number of thioether (sulfide) groups is 1. The Morgan fingerprint density at radius 2 is 2.21 bits per heavy atom. The van der Waals surface area contributed by atoms with Crippen molar-refractivity contribution in [1.29, 1.82) is 0 Å². The lowest BCUT2D eigenvalue weighted by Gasteiger charge is -2.31. The molecule has 76 valence electrons. The van der Waals surface area contributed by atoms with Gasteiger partial charge in [-0.15, -0.1) is 11.8 Å². The third-order valence-electron chi connectivity index (χ3n) is 2.11. The van der Waals surface area contributed by atoms with Crippen molar-refractivity contribution in [3.05, 3.63) is 23.0 Å².